The van der Waals surface area contributed by atoms with E-state index in [1.807, 2.05) is 0 Å². The smallest absolute Gasteiger partial charge is 0.137 e. The lowest BCUT2D eigenvalue weighted by molar-refractivity contribution is -0.159. The van der Waals surface area contributed by atoms with Gasteiger partial charge in [0.15, 0.2) is 0 Å². The number of carbonyl (C=O) groups is 1. The highest BCUT2D eigenvalue weighted by Crippen LogP contribution is 2.65. The predicted molar refractivity (Wildman–Crippen MR) is 84.1 cm³/mol. The number of rotatable bonds is 0. The summed E-state index contributed by atoms with van der Waals surface area (Å²) < 4.78 is 0. The number of carbonyl (C=O) groups excluding carboxylic acids is 1. The molecule has 0 radical (unpaired) electrons. The summed E-state index contributed by atoms with van der Waals surface area (Å²) in [5.74, 6) is 2.15. The first kappa shape index (κ1) is 15.1. The van der Waals surface area contributed by atoms with E-state index in [-0.39, 0.29) is 29.0 Å². The monoisotopic (exact) mass is 306 g/mol. The summed E-state index contributed by atoms with van der Waals surface area (Å²) in [5.41, 5.74) is 0.128. The number of fused-ring (bicyclic) bond motifs is 5. The molecule has 4 aliphatic carbocycles. The van der Waals surface area contributed by atoms with E-state index in [2.05, 4.69) is 13.8 Å². The van der Waals surface area contributed by atoms with Crippen molar-refractivity contribution >= 4 is 5.78 Å². The van der Waals surface area contributed by atoms with Gasteiger partial charge in [-0.15, -0.1) is 0 Å². The Morgan fingerprint density at radius 1 is 1.05 bits per heavy atom. The third-order valence-electron chi connectivity index (χ3n) is 8.06. The van der Waals surface area contributed by atoms with Crippen molar-refractivity contribution in [1.82, 2.24) is 0 Å². The molecule has 0 aliphatic heterocycles. The fourth-order valence-electron chi connectivity index (χ4n) is 7.10. The van der Waals surface area contributed by atoms with Gasteiger partial charge in [0, 0.05) is 12.3 Å². The lowest BCUT2D eigenvalue weighted by atomic mass is 9.45. The molecule has 0 unspecified atom stereocenters. The second kappa shape index (κ2) is 4.80. The van der Waals surface area contributed by atoms with E-state index in [9.17, 15) is 15.0 Å². The lowest BCUT2D eigenvalue weighted by Crippen LogP contribution is -2.56. The standard InChI is InChI=1S/C19H30O3/c1-18-9-13(21)8-15(18)14-4-3-11-7-12(20)5-6-19(11,2)17(14)16(22)10-18/h11-15,17,20-21H,3-10H2,1-2H3/t11-,12+,13+,14+,15+,17-,18-,19-/m0/s1. The Bertz CT molecular complexity index is 489. The molecule has 3 nitrogen and oxygen atoms in total. The van der Waals surface area contributed by atoms with Crippen molar-refractivity contribution in [2.45, 2.75) is 77.4 Å². The van der Waals surface area contributed by atoms with E-state index in [4.69, 9.17) is 0 Å². The van der Waals surface area contributed by atoms with Crippen LogP contribution in [0.1, 0.15) is 65.2 Å². The zero-order chi connectivity index (χ0) is 15.7. The second-order valence-corrected chi connectivity index (χ2v) is 9.35. The van der Waals surface area contributed by atoms with Gasteiger partial charge < -0.3 is 10.2 Å². The minimum atomic E-state index is -0.208. The Morgan fingerprint density at radius 2 is 1.82 bits per heavy atom. The van der Waals surface area contributed by atoms with Gasteiger partial charge in [-0.25, -0.2) is 0 Å². The third kappa shape index (κ3) is 1.97. The molecule has 4 fully saturated rings. The Morgan fingerprint density at radius 3 is 2.59 bits per heavy atom. The van der Waals surface area contributed by atoms with Crippen molar-refractivity contribution in [1.29, 1.82) is 0 Å². The summed E-state index contributed by atoms with van der Waals surface area (Å²) in [5, 5.41) is 20.2. The van der Waals surface area contributed by atoms with Crippen molar-refractivity contribution in [3.05, 3.63) is 0 Å². The first-order valence-corrected chi connectivity index (χ1v) is 9.22. The van der Waals surface area contributed by atoms with E-state index in [1.165, 1.54) is 0 Å². The quantitative estimate of drug-likeness (QED) is 0.723. The molecule has 2 N–H and O–H groups in total. The Labute approximate surface area is 133 Å². The van der Waals surface area contributed by atoms with E-state index in [0.717, 1.165) is 44.9 Å². The molecule has 0 amide bonds. The molecular weight excluding hydrogens is 276 g/mol. The largest absolute Gasteiger partial charge is 0.393 e. The zero-order valence-electron chi connectivity index (χ0n) is 13.9. The first-order valence-electron chi connectivity index (χ1n) is 9.22. The summed E-state index contributed by atoms with van der Waals surface area (Å²) in [6.45, 7) is 4.56. The summed E-state index contributed by atoms with van der Waals surface area (Å²) in [4.78, 5) is 13.1. The Kier molecular flexibility index (Phi) is 3.30. The van der Waals surface area contributed by atoms with Crippen molar-refractivity contribution in [2.24, 2.45) is 34.5 Å². The summed E-state index contributed by atoms with van der Waals surface area (Å²) in [6.07, 6.45) is 7.03. The molecule has 8 atom stereocenters. The molecule has 4 aliphatic rings. The van der Waals surface area contributed by atoms with Crippen LogP contribution in [0.25, 0.3) is 0 Å². The normalized spacial score (nSPS) is 57.9. The summed E-state index contributed by atoms with van der Waals surface area (Å²) >= 11 is 0. The van der Waals surface area contributed by atoms with Crippen LogP contribution in [0.4, 0.5) is 0 Å². The Hall–Kier alpha value is -0.410. The number of ketones is 1. The summed E-state index contributed by atoms with van der Waals surface area (Å²) in [7, 11) is 0. The van der Waals surface area contributed by atoms with Gasteiger partial charge in [0.1, 0.15) is 5.78 Å². The topological polar surface area (TPSA) is 57.5 Å². The average molecular weight is 306 g/mol. The molecule has 4 saturated carbocycles. The van der Waals surface area contributed by atoms with Crippen LogP contribution in [0.2, 0.25) is 0 Å². The average Bonchev–Trinajstić information content (AvgIpc) is 2.73. The first-order chi connectivity index (χ1) is 10.3. The molecule has 3 heteroatoms. The van der Waals surface area contributed by atoms with E-state index in [1.54, 1.807) is 0 Å². The maximum atomic E-state index is 13.1. The van der Waals surface area contributed by atoms with Gasteiger partial charge in [-0.1, -0.05) is 13.8 Å². The fraction of sp³-hybridized carbons (Fsp3) is 0.947. The highest BCUT2D eigenvalue weighted by atomic mass is 16.3. The van der Waals surface area contributed by atoms with Gasteiger partial charge in [-0.3, -0.25) is 4.79 Å². The molecular formula is C19H30O3. The number of hydrogen-bond donors (Lipinski definition) is 2. The molecule has 0 aromatic carbocycles. The van der Waals surface area contributed by atoms with Gasteiger partial charge in [-0.05, 0) is 73.5 Å². The number of aliphatic hydroxyl groups excluding tert-OH is 2. The van der Waals surface area contributed by atoms with Crippen LogP contribution in [0.15, 0.2) is 0 Å². The highest BCUT2D eigenvalue weighted by molar-refractivity contribution is 5.84. The van der Waals surface area contributed by atoms with E-state index in [0.29, 0.717) is 30.0 Å². The van der Waals surface area contributed by atoms with E-state index >= 15 is 0 Å². The zero-order valence-corrected chi connectivity index (χ0v) is 13.9. The molecule has 124 valence electrons. The van der Waals surface area contributed by atoms with Gasteiger partial charge in [-0.2, -0.15) is 0 Å². The van der Waals surface area contributed by atoms with Crippen LogP contribution < -0.4 is 0 Å². The van der Waals surface area contributed by atoms with Crippen LogP contribution in [0.3, 0.4) is 0 Å². The summed E-state index contributed by atoms with van der Waals surface area (Å²) in [6, 6.07) is 0. The van der Waals surface area contributed by atoms with Gasteiger partial charge in [0.25, 0.3) is 0 Å². The highest BCUT2D eigenvalue weighted by Gasteiger charge is 2.62. The molecule has 0 saturated heterocycles. The molecule has 22 heavy (non-hydrogen) atoms. The number of hydrogen-bond acceptors (Lipinski definition) is 3. The van der Waals surface area contributed by atoms with Crippen molar-refractivity contribution in [3.63, 3.8) is 0 Å². The van der Waals surface area contributed by atoms with E-state index < -0.39 is 0 Å². The molecule has 0 spiro atoms. The predicted octanol–water partition coefficient (Wildman–Crippen LogP) is 2.93. The minimum absolute atomic E-state index is 0.0368. The van der Waals surface area contributed by atoms with Crippen LogP contribution in [0.5, 0.6) is 0 Å². The molecule has 4 rings (SSSR count). The van der Waals surface area contributed by atoms with Gasteiger partial charge >= 0.3 is 0 Å². The molecule has 0 aromatic rings. The number of Topliss-reactive ketones (excluding diaryl/α,β-unsaturated/α-hetero) is 1. The third-order valence-corrected chi connectivity index (χ3v) is 8.06. The molecule has 0 aromatic heterocycles. The van der Waals surface area contributed by atoms with Crippen molar-refractivity contribution in [3.8, 4) is 0 Å². The van der Waals surface area contributed by atoms with Crippen LogP contribution in [0, 0.1) is 34.5 Å². The maximum Gasteiger partial charge on any atom is 0.137 e. The van der Waals surface area contributed by atoms with Crippen molar-refractivity contribution < 1.29 is 15.0 Å². The molecule has 0 bridgehead atoms. The number of aliphatic hydroxyl groups is 2. The molecule has 0 heterocycles. The minimum Gasteiger partial charge on any atom is -0.393 e. The van der Waals surface area contributed by atoms with Crippen LogP contribution in [-0.2, 0) is 4.79 Å². The second-order valence-electron chi connectivity index (χ2n) is 9.35. The maximum absolute atomic E-state index is 13.1. The lowest BCUT2D eigenvalue weighted by Gasteiger charge is -2.59. The SMILES string of the molecule is C[C@]12CC(=O)[C@@H]3[C@H](CC[C@H]4C[C@H](O)CC[C@@]43C)[C@H]1C[C@@H](O)C2. The van der Waals surface area contributed by atoms with Crippen LogP contribution in [-0.4, -0.2) is 28.2 Å². The fourth-order valence-corrected chi connectivity index (χ4v) is 7.10. The van der Waals surface area contributed by atoms with Crippen LogP contribution >= 0.6 is 0 Å². The van der Waals surface area contributed by atoms with Gasteiger partial charge in [0.05, 0.1) is 12.2 Å². The van der Waals surface area contributed by atoms with Crippen molar-refractivity contribution in [2.75, 3.05) is 0 Å². The Balaban J connectivity index is 1.68. The van der Waals surface area contributed by atoms with Gasteiger partial charge in [0.2, 0.25) is 0 Å².